The number of carboxylic acids is 2. The van der Waals surface area contributed by atoms with Gasteiger partial charge in [0.2, 0.25) is 0 Å². The van der Waals surface area contributed by atoms with E-state index in [4.69, 9.17) is 19.8 Å². The molecular formula is C22H20F8N2O4. The quantitative estimate of drug-likeness (QED) is 0.274. The Hall–Kier alpha value is -3.26. The molecular weight excluding hydrogens is 508 g/mol. The summed E-state index contributed by atoms with van der Waals surface area (Å²) in [5.74, 6) is -12.7. The molecule has 36 heavy (non-hydrogen) atoms. The summed E-state index contributed by atoms with van der Waals surface area (Å²) in [7, 11) is 0. The standard InChI is InChI=1S/2C10H9F4N.C2H2O4/c2*11-7-1-5(2-8(12)10(7)14)9(13)6-3-15-4-6;3-1(4)2(5)6/h2*1-2,6,9,15H,3-4H2;(H,3,4)(H,5,6). The van der Waals surface area contributed by atoms with E-state index >= 15 is 0 Å². The van der Waals surface area contributed by atoms with E-state index in [1.807, 2.05) is 0 Å². The maximum atomic E-state index is 13.6. The van der Waals surface area contributed by atoms with E-state index in [0.29, 0.717) is 50.4 Å². The Labute approximate surface area is 198 Å². The minimum atomic E-state index is -1.82. The molecule has 6 nitrogen and oxygen atoms in total. The van der Waals surface area contributed by atoms with Gasteiger partial charge in [-0.25, -0.2) is 44.7 Å². The van der Waals surface area contributed by atoms with Crippen molar-refractivity contribution in [1.29, 1.82) is 0 Å². The van der Waals surface area contributed by atoms with Crippen LogP contribution in [0.5, 0.6) is 0 Å². The van der Waals surface area contributed by atoms with Gasteiger partial charge in [-0.3, -0.25) is 0 Å². The van der Waals surface area contributed by atoms with Crippen LogP contribution in [0, 0.1) is 46.7 Å². The lowest BCUT2D eigenvalue weighted by Crippen LogP contribution is -2.44. The van der Waals surface area contributed by atoms with Crippen LogP contribution in [0.25, 0.3) is 0 Å². The van der Waals surface area contributed by atoms with Crippen LogP contribution in [0.2, 0.25) is 0 Å². The van der Waals surface area contributed by atoms with E-state index in [0.717, 1.165) is 0 Å². The minimum Gasteiger partial charge on any atom is -0.473 e. The lowest BCUT2D eigenvalue weighted by Gasteiger charge is -2.30. The Morgan fingerprint density at radius 1 is 0.639 bits per heavy atom. The van der Waals surface area contributed by atoms with Gasteiger partial charge in [0, 0.05) is 38.0 Å². The summed E-state index contributed by atoms with van der Waals surface area (Å²) in [6, 6.07) is 2.84. The molecule has 0 aromatic heterocycles. The average molecular weight is 528 g/mol. The Morgan fingerprint density at radius 2 is 0.889 bits per heavy atom. The number of hydrogen-bond acceptors (Lipinski definition) is 4. The second-order valence-corrected chi connectivity index (χ2v) is 7.85. The zero-order chi connectivity index (χ0) is 27.2. The number of nitrogens with one attached hydrogen (secondary N) is 2. The van der Waals surface area contributed by atoms with Crippen LogP contribution >= 0.6 is 0 Å². The van der Waals surface area contributed by atoms with Crippen LogP contribution in [0.4, 0.5) is 35.1 Å². The molecule has 0 amide bonds. The summed E-state index contributed by atoms with van der Waals surface area (Å²) in [5.41, 5.74) is -0.282. The average Bonchev–Trinajstić information content (AvgIpc) is 2.73. The first kappa shape index (κ1) is 29.0. The third-order valence-corrected chi connectivity index (χ3v) is 5.29. The molecule has 0 saturated carbocycles. The van der Waals surface area contributed by atoms with E-state index in [-0.39, 0.29) is 23.0 Å². The number of carbonyl (C=O) groups is 2. The normalized spacial score (nSPS) is 16.8. The maximum Gasteiger partial charge on any atom is 0.414 e. The maximum absolute atomic E-state index is 13.6. The molecule has 4 N–H and O–H groups in total. The number of carboxylic acid groups (broad SMARTS) is 2. The first-order valence-electron chi connectivity index (χ1n) is 10.3. The second-order valence-electron chi connectivity index (χ2n) is 7.85. The Morgan fingerprint density at radius 3 is 1.06 bits per heavy atom. The minimum absolute atomic E-state index is 0.141. The molecule has 2 unspecified atom stereocenters. The topological polar surface area (TPSA) is 98.7 Å². The summed E-state index contributed by atoms with van der Waals surface area (Å²) in [5, 5.41) is 20.5. The van der Waals surface area contributed by atoms with E-state index in [1.165, 1.54) is 0 Å². The number of alkyl halides is 2. The van der Waals surface area contributed by atoms with Gasteiger partial charge >= 0.3 is 11.9 Å². The number of aliphatic carboxylic acids is 2. The van der Waals surface area contributed by atoms with Crippen molar-refractivity contribution in [1.82, 2.24) is 10.6 Å². The number of benzene rings is 2. The SMILES string of the molecule is Fc1cc(C(F)C2CNC2)cc(F)c1F.Fc1cc(C(F)C2CNC2)cc(F)c1F.O=C(O)C(=O)O. The van der Waals surface area contributed by atoms with Crippen molar-refractivity contribution in [2.45, 2.75) is 12.3 Å². The summed E-state index contributed by atoms with van der Waals surface area (Å²) >= 11 is 0. The van der Waals surface area contributed by atoms with Gasteiger partial charge in [0.15, 0.2) is 34.9 Å². The number of rotatable bonds is 4. The van der Waals surface area contributed by atoms with Crippen molar-refractivity contribution < 1.29 is 54.9 Å². The zero-order valence-electron chi connectivity index (χ0n) is 18.2. The van der Waals surface area contributed by atoms with Crippen LogP contribution in [0.3, 0.4) is 0 Å². The molecule has 14 heteroatoms. The molecule has 0 aliphatic carbocycles. The van der Waals surface area contributed by atoms with Gasteiger partial charge in [0.1, 0.15) is 12.3 Å². The fourth-order valence-corrected chi connectivity index (χ4v) is 3.05. The van der Waals surface area contributed by atoms with Gasteiger partial charge in [-0.1, -0.05) is 0 Å². The zero-order valence-corrected chi connectivity index (χ0v) is 18.2. The molecule has 2 atom stereocenters. The molecule has 2 aliphatic rings. The Balaban J connectivity index is 0.000000208. The smallest absolute Gasteiger partial charge is 0.414 e. The van der Waals surface area contributed by atoms with Gasteiger partial charge in [-0.2, -0.15) is 0 Å². The van der Waals surface area contributed by atoms with Gasteiger partial charge in [0.05, 0.1) is 0 Å². The van der Waals surface area contributed by atoms with Crippen LogP contribution in [-0.4, -0.2) is 48.3 Å². The van der Waals surface area contributed by atoms with Gasteiger partial charge in [0.25, 0.3) is 0 Å². The van der Waals surface area contributed by atoms with Crippen molar-refractivity contribution in [3.63, 3.8) is 0 Å². The van der Waals surface area contributed by atoms with Crippen LogP contribution in [0.15, 0.2) is 24.3 Å². The Bertz CT molecular complexity index is 964. The molecule has 0 radical (unpaired) electrons. The van der Waals surface area contributed by atoms with E-state index < -0.39 is 59.2 Å². The molecule has 2 aliphatic heterocycles. The largest absolute Gasteiger partial charge is 0.473 e. The molecule has 0 spiro atoms. The van der Waals surface area contributed by atoms with Crippen molar-refractivity contribution in [3.05, 3.63) is 70.3 Å². The van der Waals surface area contributed by atoms with Crippen molar-refractivity contribution in [2.75, 3.05) is 26.2 Å². The van der Waals surface area contributed by atoms with Gasteiger partial charge in [-0.15, -0.1) is 0 Å². The summed E-state index contributed by atoms with van der Waals surface area (Å²) < 4.78 is 103. The third-order valence-electron chi connectivity index (χ3n) is 5.29. The molecule has 4 rings (SSSR count). The molecule has 198 valence electrons. The monoisotopic (exact) mass is 528 g/mol. The highest BCUT2D eigenvalue weighted by Gasteiger charge is 2.30. The predicted octanol–water partition coefficient (Wildman–Crippen LogP) is 3.82. The van der Waals surface area contributed by atoms with Gasteiger partial charge < -0.3 is 20.8 Å². The van der Waals surface area contributed by atoms with Crippen LogP contribution in [0.1, 0.15) is 23.5 Å². The van der Waals surface area contributed by atoms with E-state index in [9.17, 15) is 35.1 Å². The molecule has 2 saturated heterocycles. The third kappa shape index (κ3) is 7.37. The number of halogens is 8. The first-order valence-corrected chi connectivity index (χ1v) is 10.3. The summed E-state index contributed by atoms with van der Waals surface area (Å²) in [6.07, 6.45) is -2.90. The lowest BCUT2D eigenvalue weighted by molar-refractivity contribution is -0.159. The summed E-state index contributed by atoms with van der Waals surface area (Å²) in [6.45, 7) is 1.90. The lowest BCUT2D eigenvalue weighted by atomic mass is 9.92. The molecule has 0 bridgehead atoms. The van der Waals surface area contributed by atoms with Gasteiger partial charge in [-0.05, 0) is 35.4 Å². The van der Waals surface area contributed by atoms with Crippen molar-refractivity contribution in [3.8, 4) is 0 Å². The van der Waals surface area contributed by atoms with Crippen LogP contribution < -0.4 is 10.6 Å². The fraction of sp³-hybridized carbons (Fsp3) is 0.364. The molecule has 2 fully saturated rings. The summed E-state index contributed by atoms with van der Waals surface area (Å²) in [4.78, 5) is 18.2. The van der Waals surface area contributed by atoms with Crippen molar-refractivity contribution in [2.24, 2.45) is 11.8 Å². The highest BCUT2D eigenvalue weighted by atomic mass is 19.2. The molecule has 2 aromatic rings. The number of hydrogen-bond donors (Lipinski definition) is 4. The fourth-order valence-electron chi connectivity index (χ4n) is 3.05. The molecule has 2 heterocycles. The van der Waals surface area contributed by atoms with E-state index in [1.54, 1.807) is 0 Å². The van der Waals surface area contributed by atoms with Crippen molar-refractivity contribution >= 4 is 11.9 Å². The highest BCUT2D eigenvalue weighted by molar-refractivity contribution is 6.27. The van der Waals surface area contributed by atoms with Crippen LogP contribution in [-0.2, 0) is 9.59 Å². The predicted molar refractivity (Wildman–Crippen MR) is 108 cm³/mol. The second kappa shape index (κ2) is 12.6. The highest BCUT2D eigenvalue weighted by Crippen LogP contribution is 2.31. The van der Waals surface area contributed by atoms with E-state index in [2.05, 4.69) is 10.6 Å². The Kier molecular flexibility index (Phi) is 10.2. The molecule has 2 aromatic carbocycles. The first-order chi connectivity index (χ1) is 16.8.